The first-order valence-corrected chi connectivity index (χ1v) is 7.80. The molecule has 3 nitrogen and oxygen atoms in total. The third-order valence-electron chi connectivity index (χ3n) is 5.48. The highest BCUT2D eigenvalue weighted by Crippen LogP contribution is 2.58. The standard InChI is InChI=1S/C17H28O3/c1-10(2)16(20-12(4)18)13-8-9-17(5)14(19)7-6-11(3)15(13)17/h10,13-16,19H,3,6-9H2,1-2,4-5H3/t13-,14+,15+,16+,17-/m0/s1. The van der Waals surface area contributed by atoms with Crippen molar-refractivity contribution in [2.75, 3.05) is 0 Å². The number of rotatable bonds is 3. The van der Waals surface area contributed by atoms with Crippen LogP contribution in [-0.4, -0.2) is 23.3 Å². The Bertz CT molecular complexity index is 401. The summed E-state index contributed by atoms with van der Waals surface area (Å²) in [7, 11) is 0. The third kappa shape index (κ3) is 2.52. The molecular formula is C17H28O3. The molecular weight excluding hydrogens is 252 g/mol. The highest BCUT2D eigenvalue weighted by atomic mass is 16.5. The molecule has 0 spiro atoms. The molecule has 0 bridgehead atoms. The monoisotopic (exact) mass is 280 g/mol. The van der Waals surface area contributed by atoms with Crippen LogP contribution >= 0.6 is 0 Å². The van der Waals surface area contributed by atoms with Crippen molar-refractivity contribution >= 4 is 5.97 Å². The van der Waals surface area contributed by atoms with Crippen molar-refractivity contribution in [1.29, 1.82) is 0 Å². The summed E-state index contributed by atoms with van der Waals surface area (Å²) in [6.07, 6.45) is 3.39. The van der Waals surface area contributed by atoms with Crippen molar-refractivity contribution in [2.45, 2.75) is 65.6 Å². The molecule has 20 heavy (non-hydrogen) atoms. The number of aliphatic hydroxyl groups is 1. The fourth-order valence-corrected chi connectivity index (χ4v) is 4.50. The van der Waals surface area contributed by atoms with Crippen LogP contribution in [0.1, 0.15) is 53.4 Å². The van der Waals surface area contributed by atoms with E-state index in [0.29, 0.717) is 5.92 Å². The predicted octanol–water partition coefficient (Wildman–Crippen LogP) is 3.32. The smallest absolute Gasteiger partial charge is 0.302 e. The second-order valence-corrected chi connectivity index (χ2v) is 7.22. The minimum Gasteiger partial charge on any atom is -0.462 e. The van der Waals surface area contributed by atoms with E-state index < -0.39 is 0 Å². The zero-order valence-electron chi connectivity index (χ0n) is 13.2. The summed E-state index contributed by atoms with van der Waals surface area (Å²) < 4.78 is 5.61. The fourth-order valence-electron chi connectivity index (χ4n) is 4.50. The van der Waals surface area contributed by atoms with Gasteiger partial charge in [-0.15, -0.1) is 0 Å². The van der Waals surface area contributed by atoms with Crippen molar-refractivity contribution in [3.05, 3.63) is 12.2 Å². The van der Waals surface area contributed by atoms with Crippen molar-refractivity contribution in [3.8, 4) is 0 Å². The minimum atomic E-state index is -0.256. The van der Waals surface area contributed by atoms with Crippen LogP contribution in [0.3, 0.4) is 0 Å². The lowest BCUT2D eigenvalue weighted by molar-refractivity contribution is -0.153. The molecule has 2 rings (SSSR count). The van der Waals surface area contributed by atoms with Gasteiger partial charge in [-0.1, -0.05) is 32.9 Å². The van der Waals surface area contributed by atoms with Crippen LogP contribution in [0.5, 0.6) is 0 Å². The van der Waals surface area contributed by atoms with Crippen LogP contribution in [0, 0.1) is 23.2 Å². The van der Waals surface area contributed by atoms with E-state index in [1.807, 2.05) is 0 Å². The Kier molecular flexibility index (Phi) is 4.29. The number of fused-ring (bicyclic) bond motifs is 1. The Labute approximate surface area is 122 Å². The summed E-state index contributed by atoms with van der Waals surface area (Å²) in [6.45, 7) is 12.1. The van der Waals surface area contributed by atoms with Crippen molar-refractivity contribution in [1.82, 2.24) is 0 Å². The van der Waals surface area contributed by atoms with Crippen LogP contribution in [0.15, 0.2) is 12.2 Å². The van der Waals surface area contributed by atoms with E-state index in [1.165, 1.54) is 12.5 Å². The second kappa shape index (κ2) is 5.51. The molecule has 0 heterocycles. The Morgan fingerprint density at radius 3 is 2.65 bits per heavy atom. The van der Waals surface area contributed by atoms with Crippen molar-refractivity contribution < 1.29 is 14.6 Å². The zero-order valence-corrected chi connectivity index (χ0v) is 13.2. The van der Waals surface area contributed by atoms with E-state index in [0.717, 1.165) is 25.7 Å². The van der Waals surface area contributed by atoms with Crippen LogP contribution in [0.4, 0.5) is 0 Å². The lowest BCUT2D eigenvalue weighted by Crippen LogP contribution is -2.45. The van der Waals surface area contributed by atoms with Gasteiger partial charge in [-0.2, -0.15) is 0 Å². The number of carbonyl (C=O) groups excluding carboxylic acids is 1. The molecule has 0 amide bonds. The number of ether oxygens (including phenoxy) is 1. The van der Waals surface area contributed by atoms with Gasteiger partial charge in [0.05, 0.1) is 6.10 Å². The first-order valence-electron chi connectivity index (χ1n) is 7.80. The maximum Gasteiger partial charge on any atom is 0.302 e. The number of esters is 1. The van der Waals surface area contributed by atoms with E-state index in [2.05, 4.69) is 27.4 Å². The zero-order chi connectivity index (χ0) is 15.1. The first-order chi connectivity index (χ1) is 9.27. The highest BCUT2D eigenvalue weighted by Gasteiger charge is 2.55. The molecule has 2 aliphatic rings. The Morgan fingerprint density at radius 2 is 2.10 bits per heavy atom. The summed E-state index contributed by atoms with van der Waals surface area (Å²) >= 11 is 0. The molecule has 0 aromatic carbocycles. The maximum atomic E-state index is 11.4. The normalized spacial score (nSPS) is 38.7. The van der Waals surface area contributed by atoms with Crippen LogP contribution < -0.4 is 0 Å². The number of hydrogen-bond acceptors (Lipinski definition) is 3. The van der Waals surface area contributed by atoms with Gasteiger partial charge in [0.2, 0.25) is 0 Å². The van der Waals surface area contributed by atoms with E-state index in [-0.39, 0.29) is 35.4 Å². The van der Waals surface area contributed by atoms with E-state index in [4.69, 9.17) is 4.74 Å². The van der Waals surface area contributed by atoms with Crippen LogP contribution in [-0.2, 0) is 9.53 Å². The fraction of sp³-hybridized carbons (Fsp3) is 0.824. The largest absolute Gasteiger partial charge is 0.462 e. The molecule has 0 aromatic rings. The number of aliphatic hydroxyl groups excluding tert-OH is 1. The van der Waals surface area contributed by atoms with E-state index >= 15 is 0 Å². The molecule has 5 atom stereocenters. The predicted molar refractivity (Wildman–Crippen MR) is 79.1 cm³/mol. The number of carbonyl (C=O) groups is 1. The maximum absolute atomic E-state index is 11.4. The lowest BCUT2D eigenvalue weighted by Gasteiger charge is -2.45. The molecule has 114 valence electrons. The topological polar surface area (TPSA) is 46.5 Å². The van der Waals surface area contributed by atoms with Gasteiger partial charge in [0.1, 0.15) is 6.10 Å². The summed E-state index contributed by atoms with van der Waals surface area (Å²) in [5, 5.41) is 10.4. The van der Waals surface area contributed by atoms with Crippen LogP contribution in [0.25, 0.3) is 0 Å². The molecule has 0 radical (unpaired) electrons. The summed E-state index contributed by atoms with van der Waals surface area (Å²) in [4.78, 5) is 11.4. The Morgan fingerprint density at radius 1 is 1.45 bits per heavy atom. The van der Waals surface area contributed by atoms with Crippen LogP contribution in [0.2, 0.25) is 0 Å². The van der Waals surface area contributed by atoms with Gasteiger partial charge in [0.15, 0.2) is 0 Å². The first kappa shape index (κ1) is 15.6. The summed E-state index contributed by atoms with van der Waals surface area (Å²) in [5.41, 5.74) is 1.14. The SMILES string of the molecule is C=C1CC[C@@H](O)[C@]2(C)CC[C@H]([C@H](OC(C)=O)C(C)C)[C@@H]12. The molecule has 2 saturated carbocycles. The Hall–Kier alpha value is -0.830. The molecule has 3 heteroatoms. The average Bonchev–Trinajstić information content (AvgIpc) is 2.71. The lowest BCUT2D eigenvalue weighted by atomic mass is 9.62. The van der Waals surface area contributed by atoms with Gasteiger partial charge < -0.3 is 9.84 Å². The quantitative estimate of drug-likeness (QED) is 0.637. The van der Waals surface area contributed by atoms with Gasteiger partial charge in [-0.25, -0.2) is 0 Å². The molecule has 0 aliphatic heterocycles. The van der Waals surface area contributed by atoms with Gasteiger partial charge in [0.25, 0.3) is 0 Å². The van der Waals surface area contributed by atoms with E-state index in [9.17, 15) is 9.90 Å². The molecule has 0 unspecified atom stereocenters. The molecule has 2 aliphatic carbocycles. The molecule has 2 fully saturated rings. The number of allylic oxidation sites excluding steroid dienone is 1. The van der Waals surface area contributed by atoms with Gasteiger partial charge in [-0.05, 0) is 37.5 Å². The van der Waals surface area contributed by atoms with Gasteiger partial charge in [-0.3, -0.25) is 4.79 Å². The Balaban J connectivity index is 2.28. The van der Waals surface area contributed by atoms with Crippen molar-refractivity contribution in [2.24, 2.45) is 23.2 Å². The average molecular weight is 280 g/mol. The molecule has 0 aromatic heterocycles. The van der Waals surface area contributed by atoms with Crippen molar-refractivity contribution in [3.63, 3.8) is 0 Å². The minimum absolute atomic E-state index is 0.0682. The second-order valence-electron chi connectivity index (χ2n) is 7.22. The van der Waals surface area contributed by atoms with E-state index in [1.54, 1.807) is 0 Å². The van der Waals surface area contributed by atoms with Gasteiger partial charge in [0, 0.05) is 18.3 Å². The summed E-state index contributed by atoms with van der Waals surface area (Å²) in [5.74, 6) is 0.654. The van der Waals surface area contributed by atoms with Gasteiger partial charge >= 0.3 is 5.97 Å². The summed E-state index contributed by atoms with van der Waals surface area (Å²) in [6, 6.07) is 0. The highest BCUT2D eigenvalue weighted by molar-refractivity contribution is 5.66. The molecule has 0 saturated heterocycles. The number of hydrogen-bond donors (Lipinski definition) is 1. The third-order valence-corrected chi connectivity index (χ3v) is 5.48. The molecule has 1 N–H and O–H groups in total.